The molecule has 24 heavy (non-hydrogen) atoms. The van der Waals surface area contributed by atoms with E-state index in [1.165, 1.54) is 6.07 Å². The fourth-order valence-electron chi connectivity index (χ4n) is 2.36. The molecule has 0 aliphatic heterocycles. The second-order valence-corrected chi connectivity index (χ2v) is 5.65. The zero-order valence-electron chi connectivity index (χ0n) is 12.7. The number of aromatic carboxylic acids is 1. The summed E-state index contributed by atoms with van der Waals surface area (Å²) in [6.45, 7) is 0.180. The molecular weight excluding hydrogens is 332 g/mol. The molecule has 1 atom stereocenters. The molecule has 0 heterocycles. The molecular formula is C17H17ClN2O4. The van der Waals surface area contributed by atoms with Crippen LogP contribution in [0, 0.1) is 0 Å². The Labute approximate surface area is 143 Å². The average molecular weight is 349 g/mol. The van der Waals surface area contributed by atoms with E-state index in [4.69, 9.17) is 22.4 Å². The van der Waals surface area contributed by atoms with Crippen molar-refractivity contribution in [2.45, 2.75) is 12.3 Å². The monoisotopic (exact) mass is 348 g/mol. The Hall–Kier alpha value is -2.57. The zero-order chi connectivity index (χ0) is 17.7. The van der Waals surface area contributed by atoms with E-state index in [0.717, 1.165) is 5.56 Å². The van der Waals surface area contributed by atoms with Gasteiger partial charge in [0.2, 0.25) is 0 Å². The van der Waals surface area contributed by atoms with Gasteiger partial charge < -0.3 is 21.3 Å². The first-order valence-electron chi connectivity index (χ1n) is 7.23. The number of hydrogen-bond donors (Lipinski definition) is 4. The molecule has 0 spiro atoms. The van der Waals surface area contributed by atoms with Crippen molar-refractivity contribution in [3.8, 4) is 0 Å². The van der Waals surface area contributed by atoms with Crippen molar-refractivity contribution < 1.29 is 19.8 Å². The van der Waals surface area contributed by atoms with Crippen LogP contribution >= 0.6 is 11.6 Å². The molecule has 0 aliphatic carbocycles. The normalized spacial score (nSPS) is 11.8. The summed E-state index contributed by atoms with van der Waals surface area (Å²) in [6.07, 6.45) is -0.0940. The SMILES string of the molecule is NCC(CC(=O)O)c1ccc(Cl)c(Nc2ccccc2C(=O)O)c1. The maximum absolute atomic E-state index is 11.3. The topological polar surface area (TPSA) is 113 Å². The number of nitrogens with one attached hydrogen (secondary N) is 1. The average Bonchev–Trinajstić information content (AvgIpc) is 2.55. The highest BCUT2D eigenvalue weighted by atomic mass is 35.5. The molecule has 1 unspecified atom stereocenters. The van der Waals surface area contributed by atoms with Gasteiger partial charge in [-0.3, -0.25) is 4.79 Å². The van der Waals surface area contributed by atoms with E-state index < -0.39 is 11.9 Å². The lowest BCUT2D eigenvalue weighted by molar-refractivity contribution is -0.137. The van der Waals surface area contributed by atoms with E-state index in [-0.39, 0.29) is 24.4 Å². The fraction of sp³-hybridized carbons (Fsp3) is 0.176. The summed E-state index contributed by atoms with van der Waals surface area (Å²) < 4.78 is 0. The number of nitrogens with two attached hydrogens (primary N) is 1. The van der Waals surface area contributed by atoms with Crippen molar-refractivity contribution in [3.63, 3.8) is 0 Å². The number of rotatable bonds is 7. The lowest BCUT2D eigenvalue weighted by Crippen LogP contribution is -2.16. The molecule has 0 amide bonds. The maximum Gasteiger partial charge on any atom is 0.337 e. The van der Waals surface area contributed by atoms with Gasteiger partial charge in [0, 0.05) is 5.92 Å². The van der Waals surface area contributed by atoms with E-state index in [0.29, 0.717) is 16.4 Å². The second kappa shape index (κ2) is 7.81. The van der Waals surface area contributed by atoms with E-state index in [1.54, 1.807) is 36.4 Å². The van der Waals surface area contributed by atoms with E-state index in [1.807, 2.05) is 0 Å². The second-order valence-electron chi connectivity index (χ2n) is 5.25. The molecule has 0 fully saturated rings. The number of aliphatic carboxylic acids is 1. The smallest absolute Gasteiger partial charge is 0.337 e. The summed E-state index contributed by atoms with van der Waals surface area (Å²) in [5.74, 6) is -2.35. The van der Waals surface area contributed by atoms with Crippen molar-refractivity contribution in [2.75, 3.05) is 11.9 Å². The lowest BCUT2D eigenvalue weighted by atomic mass is 9.95. The first kappa shape index (κ1) is 17.8. The zero-order valence-corrected chi connectivity index (χ0v) is 13.5. The largest absolute Gasteiger partial charge is 0.481 e. The van der Waals surface area contributed by atoms with E-state index >= 15 is 0 Å². The molecule has 5 N–H and O–H groups in total. The Morgan fingerprint density at radius 2 is 1.83 bits per heavy atom. The van der Waals surface area contributed by atoms with Gasteiger partial charge in [-0.25, -0.2) is 4.79 Å². The van der Waals surface area contributed by atoms with Gasteiger partial charge in [0.25, 0.3) is 0 Å². The molecule has 2 aromatic carbocycles. The molecule has 0 aromatic heterocycles. The van der Waals surface area contributed by atoms with Gasteiger partial charge in [-0.15, -0.1) is 0 Å². The predicted molar refractivity (Wildman–Crippen MR) is 92.2 cm³/mol. The number of anilines is 2. The molecule has 2 aromatic rings. The molecule has 0 aliphatic rings. The van der Waals surface area contributed by atoms with Crippen LogP contribution in [-0.4, -0.2) is 28.7 Å². The molecule has 7 heteroatoms. The third-order valence-electron chi connectivity index (χ3n) is 3.59. The molecule has 2 rings (SSSR count). The van der Waals surface area contributed by atoms with Crippen LogP contribution in [0.25, 0.3) is 0 Å². The Bertz CT molecular complexity index is 764. The molecule has 0 bridgehead atoms. The van der Waals surface area contributed by atoms with E-state index in [2.05, 4.69) is 5.32 Å². The molecule has 0 radical (unpaired) electrons. The van der Waals surface area contributed by atoms with Crippen LogP contribution in [0.2, 0.25) is 5.02 Å². The van der Waals surface area contributed by atoms with Crippen molar-refractivity contribution in [3.05, 3.63) is 58.6 Å². The first-order chi connectivity index (χ1) is 11.4. The summed E-state index contributed by atoms with van der Waals surface area (Å²) in [5.41, 5.74) is 7.38. The van der Waals surface area contributed by atoms with Crippen LogP contribution in [-0.2, 0) is 4.79 Å². The van der Waals surface area contributed by atoms with Crippen LogP contribution in [0.3, 0.4) is 0 Å². The molecule has 0 saturated carbocycles. The predicted octanol–water partition coefficient (Wildman–Crippen LogP) is 3.30. The fourth-order valence-corrected chi connectivity index (χ4v) is 2.53. The van der Waals surface area contributed by atoms with Gasteiger partial charge in [-0.05, 0) is 36.4 Å². The quantitative estimate of drug-likeness (QED) is 0.610. The summed E-state index contributed by atoms with van der Waals surface area (Å²) in [7, 11) is 0. The highest BCUT2D eigenvalue weighted by molar-refractivity contribution is 6.33. The summed E-state index contributed by atoms with van der Waals surface area (Å²) in [5, 5.41) is 21.6. The number of halogens is 1. The van der Waals surface area contributed by atoms with Crippen LogP contribution in [0.15, 0.2) is 42.5 Å². The standard InChI is InChI=1S/C17H17ClN2O4/c18-13-6-5-10(11(9-19)8-16(21)22)7-15(13)20-14-4-2-1-3-12(14)17(23)24/h1-7,11,20H,8-9,19H2,(H,21,22)(H,23,24). The van der Waals surface area contributed by atoms with Crippen molar-refractivity contribution >= 4 is 34.9 Å². The number of para-hydroxylation sites is 1. The van der Waals surface area contributed by atoms with Crippen LogP contribution < -0.4 is 11.1 Å². The third-order valence-corrected chi connectivity index (χ3v) is 3.92. The number of carbonyl (C=O) groups is 2. The summed E-state index contributed by atoms with van der Waals surface area (Å²) in [6, 6.07) is 11.5. The van der Waals surface area contributed by atoms with Gasteiger partial charge in [0.1, 0.15) is 0 Å². The number of carboxylic acids is 2. The Kier molecular flexibility index (Phi) is 5.78. The maximum atomic E-state index is 11.3. The van der Waals surface area contributed by atoms with Crippen molar-refractivity contribution in [1.82, 2.24) is 0 Å². The summed E-state index contributed by atoms with van der Waals surface area (Å²) in [4.78, 5) is 22.2. The lowest BCUT2D eigenvalue weighted by Gasteiger charge is -2.16. The third kappa shape index (κ3) is 4.24. The Balaban J connectivity index is 2.36. The van der Waals surface area contributed by atoms with Gasteiger partial charge in [0.15, 0.2) is 0 Å². The van der Waals surface area contributed by atoms with E-state index in [9.17, 15) is 14.7 Å². The van der Waals surface area contributed by atoms with Gasteiger partial charge in [-0.1, -0.05) is 29.8 Å². The molecule has 126 valence electrons. The van der Waals surface area contributed by atoms with Crippen LogP contribution in [0.1, 0.15) is 28.3 Å². The van der Waals surface area contributed by atoms with Gasteiger partial charge in [-0.2, -0.15) is 0 Å². The molecule has 0 saturated heterocycles. The van der Waals surface area contributed by atoms with Gasteiger partial charge >= 0.3 is 11.9 Å². The van der Waals surface area contributed by atoms with Crippen molar-refractivity contribution in [1.29, 1.82) is 0 Å². The Morgan fingerprint density at radius 3 is 2.46 bits per heavy atom. The minimum Gasteiger partial charge on any atom is -0.481 e. The minimum absolute atomic E-state index is 0.0940. The Morgan fingerprint density at radius 1 is 1.12 bits per heavy atom. The number of carboxylic acid groups (broad SMARTS) is 2. The van der Waals surface area contributed by atoms with Crippen molar-refractivity contribution in [2.24, 2.45) is 5.73 Å². The first-order valence-corrected chi connectivity index (χ1v) is 7.60. The minimum atomic E-state index is -1.06. The highest BCUT2D eigenvalue weighted by Gasteiger charge is 2.16. The van der Waals surface area contributed by atoms with Crippen LogP contribution in [0.4, 0.5) is 11.4 Å². The number of benzene rings is 2. The van der Waals surface area contributed by atoms with Gasteiger partial charge in [0.05, 0.1) is 28.4 Å². The summed E-state index contributed by atoms with van der Waals surface area (Å²) >= 11 is 6.17. The number of hydrogen-bond acceptors (Lipinski definition) is 4. The highest BCUT2D eigenvalue weighted by Crippen LogP contribution is 2.31. The van der Waals surface area contributed by atoms with Crippen LogP contribution in [0.5, 0.6) is 0 Å². The molecule has 6 nitrogen and oxygen atoms in total.